The Morgan fingerprint density at radius 1 is 1.19 bits per heavy atom. The lowest BCUT2D eigenvalue weighted by atomic mass is 10.1. The molecule has 27 heavy (non-hydrogen) atoms. The Bertz CT molecular complexity index is 910. The number of rotatable bonds is 6. The molecular formula is C18H21N3O4S2. The van der Waals surface area contributed by atoms with E-state index in [1.807, 2.05) is 13.0 Å². The number of benzene rings is 1. The molecule has 1 atom stereocenters. The number of pyridine rings is 1. The van der Waals surface area contributed by atoms with Crippen LogP contribution < -0.4 is 0 Å². The molecule has 0 amide bonds. The number of non-ortho nitro benzene ring substituents is 1. The lowest BCUT2D eigenvalue weighted by Crippen LogP contribution is -2.35. The highest BCUT2D eigenvalue weighted by atomic mass is 32.2. The molecule has 0 radical (unpaired) electrons. The monoisotopic (exact) mass is 407 g/mol. The van der Waals surface area contributed by atoms with Crippen LogP contribution in [-0.2, 0) is 10.0 Å². The third-order valence-electron chi connectivity index (χ3n) is 4.51. The van der Waals surface area contributed by atoms with Crippen LogP contribution in [0.5, 0.6) is 0 Å². The molecule has 144 valence electrons. The Balaban J connectivity index is 1.72. The molecule has 2 heterocycles. The Morgan fingerprint density at radius 2 is 1.93 bits per heavy atom. The van der Waals surface area contributed by atoms with Crippen LogP contribution in [0.15, 0.2) is 52.5 Å². The van der Waals surface area contributed by atoms with E-state index in [4.69, 9.17) is 0 Å². The van der Waals surface area contributed by atoms with Gasteiger partial charge in [0.15, 0.2) is 0 Å². The topological polar surface area (TPSA) is 93.4 Å². The first kappa shape index (κ1) is 19.8. The summed E-state index contributed by atoms with van der Waals surface area (Å²) in [6, 6.07) is 9.77. The van der Waals surface area contributed by atoms with Crippen molar-refractivity contribution in [2.45, 2.75) is 41.4 Å². The van der Waals surface area contributed by atoms with E-state index in [1.165, 1.54) is 28.3 Å². The molecule has 1 aliphatic heterocycles. The van der Waals surface area contributed by atoms with Crippen molar-refractivity contribution in [3.8, 4) is 0 Å². The van der Waals surface area contributed by atoms with Crippen LogP contribution in [0.2, 0.25) is 0 Å². The summed E-state index contributed by atoms with van der Waals surface area (Å²) in [5.41, 5.74) is 0.872. The molecule has 3 rings (SSSR count). The van der Waals surface area contributed by atoms with Crippen molar-refractivity contribution in [2.24, 2.45) is 0 Å². The molecule has 0 spiro atoms. The molecule has 1 unspecified atom stereocenters. The Labute approximate surface area is 163 Å². The van der Waals surface area contributed by atoms with Gasteiger partial charge in [-0.25, -0.2) is 13.4 Å². The zero-order valence-corrected chi connectivity index (χ0v) is 16.6. The van der Waals surface area contributed by atoms with Crippen molar-refractivity contribution in [3.05, 3.63) is 58.3 Å². The highest BCUT2D eigenvalue weighted by molar-refractivity contribution is 7.99. The molecule has 0 bridgehead atoms. The van der Waals surface area contributed by atoms with Gasteiger partial charge in [-0.05, 0) is 37.5 Å². The second kappa shape index (κ2) is 8.37. The summed E-state index contributed by atoms with van der Waals surface area (Å²) in [5, 5.41) is 11.5. The van der Waals surface area contributed by atoms with E-state index in [0.717, 1.165) is 24.8 Å². The summed E-state index contributed by atoms with van der Waals surface area (Å²) in [5.74, 6) is 0. The fourth-order valence-electron chi connectivity index (χ4n) is 2.98. The zero-order valence-electron chi connectivity index (χ0n) is 14.9. The summed E-state index contributed by atoms with van der Waals surface area (Å²) in [4.78, 5) is 15.0. The van der Waals surface area contributed by atoms with Crippen molar-refractivity contribution >= 4 is 27.5 Å². The van der Waals surface area contributed by atoms with Crippen LogP contribution in [-0.4, -0.2) is 35.7 Å². The molecule has 9 heteroatoms. The summed E-state index contributed by atoms with van der Waals surface area (Å²) in [7, 11) is -3.49. The van der Waals surface area contributed by atoms with Crippen molar-refractivity contribution in [1.29, 1.82) is 0 Å². The molecule has 1 fully saturated rings. The van der Waals surface area contributed by atoms with Crippen LogP contribution in [0.1, 0.15) is 37.0 Å². The van der Waals surface area contributed by atoms with E-state index in [0.29, 0.717) is 18.1 Å². The van der Waals surface area contributed by atoms with Gasteiger partial charge in [0.2, 0.25) is 10.0 Å². The molecule has 1 aliphatic rings. The molecule has 1 aromatic carbocycles. The van der Waals surface area contributed by atoms with Gasteiger partial charge in [0.05, 0.1) is 9.95 Å². The quantitative estimate of drug-likeness (QED) is 0.408. The lowest BCUT2D eigenvalue weighted by Gasteiger charge is -2.25. The minimum absolute atomic E-state index is 0.0517. The van der Waals surface area contributed by atoms with Crippen LogP contribution in [0.25, 0.3) is 0 Å². The van der Waals surface area contributed by atoms with Gasteiger partial charge in [-0.1, -0.05) is 30.3 Å². The maximum absolute atomic E-state index is 12.7. The van der Waals surface area contributed by atoms with Crippen molar-refractivity contribution in [3.63, 3.8) is 0 Å². The lowest BCUT2D eigenvalue weighted by molar-refractivity contribution is -0.384. The maximum atomic E-state index is 12.7. The molecule has 0 saturated carbocycles. The summed E-state index contributed by atoms with van der Waals surface area (Å²) in [6.07, 6.45) is 4.24. The predicted octanol–water partition coefficient (Wildman–Crippen LogP) is 4.02. The van der Waals surface area contributed by atoms with Crippen LogP contribution in [0.4, 0.5) is 5.69 Å². The predicted molar refractivity (Wildman–Crippen MR) is 104 cm³/mol. The summed E-state index contributed by atoms with van der Waals surface area (Å²) in [6.45, 7) is 3.05. The molecule has 1 aromatic heterocycles. The number of hydrogen-bond acceptors (Lipinski definition) is 6. The third-order valence-corrected chi connectivity index (χ3v) is 7.50. The van der Waals surface area contributed by atoms with E-state index in [-0.39, 0.29) is 15.8 Å². The standard InChI is InChI=1S/C18H21N3O4S2/c1-14(15-6-5-7-16(12-15)21(22)23)26-18-9-8-17(13-19-18)27(24,25)20-10-3-2-4-11-20/h5-9,12-14H,2-4,10-11H2,1H3. The van der Waals surface area contributed by atoms with Crippen molar-refractivity contribution < 1.29 is 13.3 Å². The first-order valence-corrected chi connectivity index (χ1v) is 11.1. The van der Waals surface area contributed by atoms with Gasteiger partial charge >= 0.3 is 0 Å². The average Bonchev–Trinajstić information content (AvgIpc) is 2.69. The third kappa shape index (κ3) is 4.66. The normalized spacial score (nSPS) is 16.8. The van der Waals surface area contributed by atoms with Gasteiger partial charge in [0.1, 0.15) is 4.90 Å². The first-order valence-electron chi connectivity index (χ1n) is 8.75. The van der Waals surface area contributed by atoms with Gasteiger partial charge < -0.3 is 0 Å². The first-order chi connectivity index (χ1) is 12.9. The van der Waals surface area contributed by atoms with Crippen LogP contribution >= 0.6 is 11.8 Å². The minimum Gasteiger partial charge on any atom is -0.258 e. The molecule has 1 saturated heterocycles. The van der Waals surface area contributed by atoms with Gasteiger partial charge in [0.25, 0.3) is 5.69 Å². The van der Waals surface area contributed by atoms with Crippen LogP contribution in [0, 0.1) is 10.1 Å². The van der Waals surface area contributed by atoms with Gasteiger partial charge in [-0.2, -0.15) is 4.31 Å². The smallest absolute Gasteiger partial charge is 0.258 e. The van der Waals surface area contributed by atoms with Gasteiger partial charge in [0, 0.05) is 36.7 Å². The Hall–Kier alpha value is -1.97. The van der Waals surface area contributed by atoms with Crippen LogP contribution in [0.3, 0.4) is 0 Å². The number of nitrogens with zero attached hydrogens (tertiary/aromatic N) is 3. The van der Waals surface area contributed by atoms with E-state index < -0.39 is 14.9 Å². The van der Waals surface area contributed by atoms with Crippen molar-refractivity contribution in [1.82, 2.24) is 9.29 Å². The Kier molecular flexibility index (Phi) is 6.13. The number of piperidine rings is 1. The van der Waals surface area contributed by atoms with E-state index in [1.54, 1.807) is 24.3 Å². The Morgan fingerprint density at radius 3 is 2.56 bits per heavy atom. The van der Waals surface area contributed by atoms with Gasteiger partial charge in [-0.3, -0.25) is 10.1 Å². The van der Waals surface area contributed by atoms with E-state index in [2.05, 4.69) is 4.98 Å². The SMILES string of the molecule is CC(Sc1ccc(S(=O)(=O)N2CCCCC2)cn1)c1cccc([N+](=O)[O-])c1. The molecule has 0 N–H and O–H groups in total. The fourth-order valence-corrected chi connectivity index (χ4v) is 5.35. The molecular weight excluding hydrogens is 386 g/mol. The second-order valence-electron chi connectivity index (χ2n) is 6.41. The largest absolute Gasteiger partial charge is 0.269 e. The highest BCUT2D eigenvalue weighted by Crippen LogP contribution is 2.35. The van der Waals surface area contributed by atoms with E-state index >= 15 is 0 Å². The molecule has 0 aliphatic carbocycles. The number of aromatic nitrogens is 1. The number of nitro groups is 1. The van der Waals surface area contributed by atoms with Gasteiger partial charge in [-0.15, -0.1) is 0 Å². The maximum Gasteiger partial charge on any atom is 0.269 e. The van der Waals surface area contributed by atoms with Crippen molar-refractivity contribution in [2.75, 3.05) is 13.1 Å². The minimum atomic E-state index is -3.49. The second-order valence-corrected chi connectivity index (χ2v) is 9.71. The molecule has 7 nitrogen and oxygen atoms in total. The average molecular weight is 408 g/mol. The summed E-state index contributed by atoms with van der Waals surface area (Å²) >= 11 is 1.43. The fraction of sp³-hybridized carbons (Fsp3) is 0.389. The number of hydrogen-bond donors (Lipinski definition) is 0. The zero-order chi connectivity index (χ0) is 19.4. The summed E-state index contributed by atoms with van der Waals surface area (Å²) < 4.78 is 26.8. The van der Waals surface area contributed by atoms with E-state index in [9.17, 15) is 18.5 Å². The number of thioether (sulfide) groups is 1. The highest BCUT2D eigenvalue weighted by Gasteiger charge is 2.26. The molecule has 2 aromatic rings. The number of nitro benzene ring substituents is 1. The number of sulfonamides is 1.